The van der Waals surface area contributed by atoms with Crippen LogP contribution in [0.5, 0.6) is 0 Å². The van der Waals surface area contributed by atoms with E-state index in [1.54, 1.807) is 0 Å². The fourth-order valence-electron chi connectivity index (χ4n) is 1.99. The smallest absolute Gasteiger partial charge is 0.220 e. The third-order valence-corrected chi connectivity index (χ3v) is 3.03. The molecular weight excluding hydrogens is 260 g/mol. The Morgan fingerprint density at radius 3 is 2.63 bits per heavy atom. The van der Waals surface area contributed by atoms with Gasteiger partial charge in [-0.05, 0) is 51.4 Å². The molecule has 1 atom stereocenters. The zero-order chi connectivity index (χ0) is 13.4. The van der Waals surface area contributed by atoms with E-state index in [2.05, 4.69) is 36.6 Å². The van der Waals surface area contributed by atoms with Crippen molar-refractivity contribution in [1.82, 2.24) is 10.6 Å². The molecular formula is C15H25ClN2O. The van der Waals surface area contributed by atoms with Crippen molar-refractivity contribution >= 4 is 18.3 Å². The summed E-state index contributed by atoms with van der Waals surface area (Å²) >= 11 is 0. The lowest BCUT2D eigenvalue weighted by atomic mass is 10.0. The van der Waals surface area contributed by atoms with Gasteiger partial charge in [-0.3, -0.25) is 4.79 Å². The summed E-state index contributed by atoms with van der Waals surface area (Å²) < 4.78 is 0. The number of rotatable bonds is 7. The van der Waals surface area contributed by atoms with Crippen molar-refractivity contribution < 1.29 is 4.79 Å². The van der Waals surface area contributed by atoms with Crippen molar-refractivity contribution in [1.29, 1.82) is 0 Å². The van der Waals surface area contributed by atoms with Crippen LogP contribution in [0.1, 0.15) is 30.9 Å². The van der Waals surface area contributed by atoms with Crippen LogP contribution in [0.3, 0.4) is 0 Å². The van der Waals surface area contributed by atoms with Gasteiger partial charge in [0, 0.05) is 12.5 Å². The van der Waals surface area contributed by atoms with Gasteiger partial charge < -0.3 is 10.6 Å². The van der Waals surface area contributed by atoms with E-state index in [0.717, 1.165) is 19.4 Å². The molecule has 0 saturated heterocycles. The fraction of sp³-hybridized carbons (Fsp3) is 0.533. The molecule has 0 aliphatic heterocycles. The number of nitrogens with one attached hydrogen (secondary N) is 2. The first-order valence-corrected chi connectivity index (χ1v) is 6.62. The van der Waals surface area contributed by atoms with E-state index < -0.39 is 0 Å². The number of amides is 1. The molecule has 0 heterocycles. The molecule has 1 aromatic rings. The largest absolute Gasteiger partial charge is 0.353 e. The maximum Gasteiger partial charge on any atom is 0.220 e. The molecule has 1 amide bonds. The highest BCUT2D eigenvalue weighted by molar-refractivity contribution is 5.85. The van der Waals surface area contributed by atoms with Gasteiger partial charge in [0.05, 0.1) is 0 Å². The lowest BCUT2D eigenvalue weighted by Crippen LogP contribution is -2.34. The van der Waals surface area contributed by atoms with Gasteiger partial charge in [0.2, 0.25) is 5.91 Å². The highest BCUT2D eigenvalue weighted by Gasteiger charge is 2.08. The van der Waals surface area contributed by atoms with Crippen molar-refractivity contribution in [3.63, 3.8) is 0 Å². The first-order valence-electron chi connectivity index (χ1n) is 6.62. The Kier molecular flexibility index (Phi) is 9.27. The van der Waals surface area contributed by atoms with Crippen LogP contribution in [-0.4, -0.2) is 25.5 Å². The van der Waals surface area contributed by atoms with E-state index in [4.69, 9.17) is 0 Å². The molecule has 0 radical (unpaired) electrons. The third kappa shape index (κ3) is 7.19. The van der Waals surface area contributed by atoms with E-state index in [1.165, 1.54) is 11.1 Å². The minimum absolute atomic E-state index is 0. The number of halogens is 1. The summed E-state index contributed by atoms with van der Waals surface area (Å²) in [5.41, 5.74) is 2.59. The summed E-state index contributed by atoms with van der Waals surface area (Å²) in [6.45, 7) is 5.05. The maximum absolute atomic E-state index is 11.7. The average Bonchev–Trinajstić information content (AvgIpc) is 2.32. The summed E-state index contributed by atoms with van der Waals surface area (Å²) in [4.78, 5) is 11.7. The highest BCUT2D eigenvalue weighted by Crippen LogP contribution is 2.09. The Balaban J connectivity index is 0.00000324. The molecule has 1 unspecified atom stereocenters. The molecule has 19 heavy (non-hydrogen) atoms. The first-order chi connectivity index (χ1) is 8.63. The number of aryl methyl sites for hydroxylation is 1. The minimum atomic E-state index is 0. The summed E-state index contributed by atoms with van der Waals surface area (Å²) in [6, 6.07) is 8.51. The summed E-state index contributed by atoms with van der Waals surface area (Å²) in [6.07, 6.45) is 2.38. The topological polar surface area (TPSA) is 41.1 Å². The summed E-state index contributed by atoms with van der Waals surface area (Å²) in [7, 11) is 1.90. The SMILES string of the molecule is CNCCCC(=O)NC(C)Cc1ccccc1C.Cl. The number of benzene rings is 1. The van der Waals surface area contributed by atoms with Gasteiger partial charge in [0.15, 0.2) is 0 Å². The molecule has 0 saturated carbocycles. The van der Waals surface area contributed by atoms with Crippen molar-refractivity contribution in [3.8, 4) is 0 Å². The number of carbonyl (C=O) groups excluding carboxylic acids is 1. The van der Waals surface area contributed by atoms with Crippen molar-refractivity contribution in [2.24, 2.45) is 0 Å². The standard InChI is InChI=1S/C15H24N2O.ClH/c1-12-7-4-5-8-14(12)11-13(2)17-15(18)9-6-10-16-3;/h4-5,7-8,13,16H,6,9-11H2,1-3H3,(H,17,18);1H. The van der Waals surface area contributed by atoms with Gasteiger partial charge in [0.1, 0.15) is 0 Å². The van der Waals surface area contributed by atoms with Crippen LogP contribution in [0.15, 0.2) is 24.3 Å². The molecule has 0 fully saturated rings. The van der Waals surface area contributed by atoms with Gasteiger partial charge in [-0.1, -0.05) is 24.3 Å². The Bertz CT molecular complexity index is 382. The lowest BCUT2D eigenvalue weighted by molar-refractivity contribution is -0.121. The Labute approximate surface area is 122 Å². The van der Waals surface area contributed by atoms with Crippen LogP contribution in [0.25, 0.3) is 0 Å². The van der Waals surface area contributed by atoms with E-state index in [1.807, 2.05) is 19.2 Å². The molecule has 108 valence electrons. The van der Waals surface area contributed by atoms with Gasteiger partial charge >= 0.3 is 0 Å². The maximum atomic E-state index is 11.7. The molecule has 2 N–H and O–H groups in total. The average molecular weight is 285 g/mol. The van der Waals surface area contributed by atoms with Crippen LogP contribution in [0.2, 0.25) is 0 Å². The van der Waals surface area contributed by atoms with E-state index in [0.29, 0.717) is 6.42 Å². The van der Waals surface area contributed by atoms with Crippen LogP contribution < -0.4 is 10.6 Å². The van der Waals surface area contributed by atoms with E-state index >= 15 is 0 Å². The zero-order valence-corrected chi connectivity index (χ0v) is 12.8. The molecule has 1 aromatic carbocycles. The highest BCUT2D eigenvalue weighted by atomic mass is 35.5. The Hall–Kier alpha value is -1.06. The normalized spacial score (nSPS) is 11.5. The predicted octanol–water partition coefficient (Wildman–Crippen LogP) is 2.46. The van der Waals surface area contributed by atoms with Crippen LogP contribution in [-0.2, 0) is 11.2 Å². The lowest BCUT2D eigenvalue weighted by Gasteiger charge is -2.15. The second-order valence-corrected chi connectivity index (χ2v) is 4.81. The molecule has 0 bridgehead atoms. The number of carbonyl (C=O) groups is 1. The number of hydrogen-bond acceptors (Lipinski definition) is 2. The Morgan fingerprint density at radius 1 is 1.32 bits per heavy atom. The molecule has 0 spiro atoms. The van der Waals surface area contributed by atoms with Crippen LogP contribution in [0.4, 0.5) is 0 Å². The molecule has 1 rings (SSSR count). The molecule has 0 aliphatic rings. The molecule has 3 nitrogen and oxygen atoms in total. The monoisotopic (exact) mass is 284 g/mol. The second-order valence-electron chi connectivity index (χ2n) is 4.81. The molecule has 0 aliphatic carbocycles. The number of hydrogen-bond donors (Lipinski definition) is 2. The Morgan fingerprint density at radius 2 is 2.00 bits per heavy atom. The van der Waals surface area contributed by atoms with Crippen LogP contribution >= 0.6 is 12.4 Å². The predicted molar refractivity (Wildman–Crippen MR) is 82.9 cm³/mol. The second kappa shape index (κ2) is 9.82. The van der Waals surface area contributed by atoms with Gasteiger partial charge in [0.25, 0.3) is 0 Å². The van der Waals surface area contributed by atoms with Gasteiger partial charge in [-0.15, -0.1) is 12.4 Å². The van der Waals surface area contributed by atoms with Crippen molar-refractivity contribution in [3.05, 3.63) is 35.4 Å². The van der Waals surface area contributed by atoms with Gasteiger partial charge in [-0.2, -0.15) is 0 Å². The summed E-state index contributed by atoms with van der Waals surface area (Å²) in [5.74, 6) is 0.145. The van der Waals surface area contributed by atoms with E-state index in [9.17, 15) is 4.79 Å². The zero-order valence-electron chi connectivity index (χ0n) is 12.0. The quantitative estimate of drug-likeness (QED) is 0.755. The summed E-state index contributed by atoms with van der Waals surface area (Å²) in [5, 5.41) is 6.09. The van der Waals surface area contributed by atoms with E-state index in [-0.39, 0.29) is 24.4 Å². The molecule has 4 heteroatoms. The van der Waals surface area contributed by atoms with Crippen LogP contribution in [0, 0.1) is 6.92 Å². The van der Waals surface area contributed by atoms with Crippen molar-refractivity contribution in [2.75, 3.05) is 13.6 Å². The minimum Gasteiger partial charge on any atom is -0.353 e. The fourth-order valence-corrected chi connectivity index (χ4v) is 1.99. The van der Waals surface area contributed by atoms with Crippen molar-refractivity contribution in [2.45, 2.75) is 39.2 Å². The molecule has 0 aromatic heterocycles. The third-order valence-electron chi connectivity index (χ3n) is 3.03. The van der Waals surface area contributed by atoms with Gasteiger partial charge in [-0.25, -0.2) is 0 Å². The first kappa shape index (κ1) is 17.9.